The van der Waals surface area contributed by atoms with Crippen molar-refractivity contribution in [3.05, 3.63) is 29.3 Å². The van der Waals surface area contributed by atoms with Crippen LogP contribution in [-0.4, -0.2) is 35.8 Å². The number of hydrogen-bond acceptors (Lipinski definition) is 2. The standard InChI is InChI=1S/C15H20BrNO2/c1-11-5-6-12(10-14(11)19-2)15(18)17-9-3-4-13(17)7-8-16/h5-6,10,13H,3-4,7-9H2,1-2H3. The van der Waals surface area contributed by atoms with E-state index in [-0.39, 0.29) is 5.91 Å². The highest BCUT2D eigenvalue weighted by atomic mass is 79.9. The first-order valence-corrected chi connectivity index (χ1v) is 7.81. The van der Waals surface area contributed by atoms with Gasteiger partial charge in [0.05, 0.1) is 7.11 Å². The molecule has 0 spiro atoms. The monoisotopic (exact) mass is 325 g/mol. The van der Waals surface area contributed by atoms with Gasteiger partial charge >= 0.3 is 0 Å². The molecule has 19 heavy (non-hydrogen) atoms. The van der Waals surface area contributed by atoms with Crippen LogP contribution in [0.4, 0.5) is 0 Å². The molecule has 0 saturated carbocycles. The van der Waals surface area contributed by atoms with E-state index >= 15 is 0 Å². The fourth-order valence-electron chi connectivity index (χ4n) is 2.65. The number of carbonyl (C=O) groups excluding carboxylic acids is 1. The number of aryl methyl sites for hydroxylation is 1. The zero-order valence-electron chi connectivity index (χ0n) is 11.5. The summed E-state index contributed by atoms with van der Waals surface area (Å²) in [6.45, 7) is 2.85. The smallest absolute Gasteiger partial charge is 0.254 e. The lowest BCUT2D eigenvalue weighted by Crippen LogP contribution is -2.35. The summed E-state index contributed by atoms with van der Waals surface area (Å²) in [4.78, 5) is 14.6. The van der Waals surface area contributed by atoms with E-state index in [0.717, 1.165) is 48.0 Å². The van der Waals surface area contributed by atoms with Crippen molar-refractivity contribution in [3.8, 4) is 5.75 Å². The molecule has 1 unspecified atom stereocenters. The molecule has 0 bridgehead atoms. The van der Waals surface area contributed by atoms with Gasteiger partial charge in [-0.05, 0) is 43.9 Å². The summed E-state index contributed by atoms with van der Waals surface area (Å²) in [6, 6.07) is 6.06. The maximum absolute atomic E-state index is 12.6. The number of ether oxygens (including phenoxy) is 1. The summed E-state index contributed by atoms with van der Waals surface area (Å²) in [5, 5.41) is 0.943. The lowest BCUT2D eigenvalue weighted by molar-refractivity contribution is 0.0734. The zero-order valence-corrected chi connectivity index (χ0v) is 13.1. The van der Waals surface area contributed by atoms with E-state index in [4.69, 9.17) is 4.74 Å². The number of benzene rings is 1. The Bertz CT molecular complexity index is 461. The molecule has 1 fully saturated rings. The lowest BCUT2D eigenvalue weighted by atomic mass is 10.1. The van der Waals surface area contributed by atoms with Crippen LogP contribution in [0, 0.1) is 6.92 Å². The first-order valence-electron chi connectivity index (χ1n) is 6.69. The highest BCUT2D eigenvalue weighted by Crippen LogP contribution is 2.25. The van der Waals surface area contributed by atoms with E-state index in [1.54, 1.807) is 7.11 Å². The van der Waals surface area contributed by atoms with Crippen molar-refractivity contribution in [1.82, 2.24) is 4.90 Å². The molecule has 4 heteroatoms. The topological polar surface area (TPSA) is 29.5 Å². The summed E-state index contributed by atoms with van der Waals surface area (Å²) in [6.07, 6.45) is 3.24. The molecule has 0 aromatic heterocycles. The number of rotatable bonds is 4. The van der Waals surface area contributed by atoms with Gasteiger partial charge in [-0.3, -0.25) is 4.79 Å². The molecule has 0 N–H and O–H groups in total. The fraction of sp³-hybridized carbons (Fsp3) is 0.533. The number of likely N-dealkylation sites (tertiary alicyclic amines) is 1. The van der Waals surface area contributed by atoms with Crippen LogP contribution in [-0.2, 0) is 0 Å². The largest absolute Gasteiger partial charge is 0.496 e. The Morgan fingerprint density at radius 3 is 3.00 bits per heavy atom. The third kappa shape index (κ3) is 3.11. The van der Waals surface area contributed by atoms with Crippen LogP contribution in [0.5, 0.6) is 5.75 Å². The Balaban J connectivity index is 2.19. The van der Waals surface area contributed by atoms with Crippen molar-refractivity contribution in [2.45, 2.75) is 32.2 Å². The molecule has 104 valence electrons. The number of alkyl halides is 1. The number of amides is 1. The summed E-state index contributed by atoms with van der Waals surface area (Å²) >= 11 is 3.47. The van der Waals surface area contributed by atoms with Crippen molar-refractivity contribution in [1.29, 1.82) is 0 Å². The van der Waals surface area contributed by atoms with E-state index < -0.39 is 0 Å². The second-order valence-corrected chi connectivity index (χ2v) is 5.75. The highest BCUT2D eigenvalue weighted by molar-refractivity contribution is 9.09. The molecule has 1 aliphatic rings. The van der Waals surface area contributed by atoms with Crippen molar-refractivity contribution >= 4 is 21.8 Å². The third-order valence-corrected chi connectivity index (χ3v) is 4.19. The molecule has 1 aliphatic heterocycles. The predicted molar refractivity (Wildman–Crippen MR) is 80.2 cm³/mol. The van der Waals surface area contributed by atoms with Crippen LogP contribution in [0.3, 0.4) is 0 Å². The summed E-state index contributed by atoms with van der Waals surface area (Å²) in [5.41, 5.74) is 1.78. The minimum atomic E-state index is 0.127. The maximum atomic E-state index is 12.6. The summed E-state index contributed by atoms with van der Waals surface area (Å²) in [7, 11) is 1.64. The molecule has 1 aromatic rings. The second kappa shape index (κ2) is 6.42. The van der Waals surface area contributed by atoms with E-state index in [0.29, 0.717) is 6.04 Å². The van der Waals surface area contributed by atoms with Crippen molar-refractivity contribution in [2.75, 3.05) is 19.0 Å². The average Bonchev–Trinajstić information content (AvgIpc) is 2.87. The van der Waals surface area contributed by atoms with Crippen molar-refractivity contribution in [3.63, 3.8) is 0 Å². The Kier molecular flexibility index (Phi) is 4.86. The number of hydrogen-bond donors (Lipinski definition) is 0. The quantitative estimate of drug-likeness (QED) is 0.794. The molecule has 3 nitrogen and oxygen atoms in total. The van der Waals surface area contributed by atoms with Crippen LogP contribution < -0.4 is 4.74 Å². The number of halogens is 1. The van der Waals surface area contributed by atoms with Gasteiger partial charge in [-0.2, -0.15) is 0 Å². The normalized spacial score (nSPS) is 18.7. The number of nitrogens with zero attached hydrogens (tertiary/aromatic N) is 1. The molecular weight excluding hydrogens is 306 g/mol. The van der Waals surface area contributed by atoms with Gasteiger partial charge in [0.15, 0.2) is 0 Å². The Hall–Kier alpha value is -1.03. The van der Waals surface area contributed by atoms with Gasteiger partial charge in [-0.25, -0.2) is 0 Å². The van der Waals surface area contributed by atoms with Gasteiger partial charge in [0, 0.05) is 23.5 Å². The highest BCUT2D eigenvalue weighted by Gasteiger charge is 2.28. The van der Waals surface area contributed by atoms with Gasteiger partial charge in [0.1, 0.15) is 5.75 Å². The van der Waals surface area contributed by atoms with E-state index in [9.17, 15) is 4.79 Å². The average molecular weight is 326 g/mol. The zero-order chi connectivity index (χ0) is 13.8. The van der Waals surface area contributed by atoms with Gasteiger partial charge < -0.3 is 9.64 Å². The second-order valence-electron chi connectivity index (χ2n) is 4.96. The predicted octanol–water partition coefficient (Wildman–Crippen LogP) is 3.39. The number of methoxy groups -OCH3 is 1. The summed E-state index contributed by atoms with van der Waals surface area (Å²) < 4.78 is 5.29. The molecular formula is C15H20BrNO2. The van der Waals surface area contributed by atoms with Crippen LogP contribution in [0.1, 0.15) is 35.2 Å². The third-order valence-electron chi connectivity index (χ3n) is 3.74. The van der Waals surface area contributed by atoms with Crippen molar-refractivity contribution in [2.24, 2.45) is 0 Å². The summed E-state index contributed by atoms with van der Waals surface area (Å²) in [5.74, 6) is 0.906. The SMILES string of the molecule is COc1cc(C(=O)N2CCCC2CCBr)ccc1C. The first-order chi connectivity index (χ1) is 9.17. The van der Waals surface area contributed by atoms with Crippen LogP contribution in [0.15, 0.2) is 18.2 Å². The van der Waals surface area contributed by atoms with Gasteiger partial charge in [-0.15, -0.1) is 0 Å². The van der Waals surface area contributed by atoms with Gasteiger partial charge in [0.25, 0.3) is 5.91 Å². The molecule has 1 aromatic carbocycles. The first kappa shape index (κ1) is 14.4. The molecule has 1 saturated heterocycles. The molecule has 2 rings (SSSR count). The fourth-order valence-corrected chi connectivity index (χ4v) is 3.18. The van der Waals surface area contributed by atoms with E-state index in [2.05, 4.69) is 15.9 Å². The molecule has 1 heterocycles. The molecule has 0 aliphatic carbocycles. The Morgan fingerprint density at radius 1 is 1.53 bits per heavy atom. The minimum Gasteiger partial charge on any atom is -0.496 e. The number of carbonyl (C=O) groups is 1. The maximum Gasteiger partial charge on any atom is 0.254 e. The van der Waals surface area contributed by atoms with Crippen LogP contribution in [0.2, 0.25) is 0 Å². The molecule has 1 amide bonds. The van der Waals surface area contributed by atoms with Crippen LogP contribution >= 0.6 is 15.9 Å². The Morgan fingerprint density at radius 2 is 2.32 bits per heavy atom. The lowest BCUT2D eigenvalue weighted by Gasteiger charge is -2.24. The van der Waals surface area contributed by atoms with Crippen LogP contribution in [0.25, 0.3) is 0 Å². The Labute approximate surface area is 123 Å². The van der Waals surface area contributed by atoms with Crippen molar-refractivity contribution < 1.29 is 9.53 Å². The van der Waals surface area contributed by atoms with Gasteiger partial charge in [-0.1, -0.05) is 22.0 Å². The minimum absolute atomic E-state index is 0.127. The molecule has 1 atom stereocenters. The van der Waals surface area contributed by atoms with E-state index in [1.807, 2.05) is 30.0 Å². The molecule has 0 radical (unpaired) electrons. The van der Waals surface area contributed by atoms with Gasteiger partial charge in [0.2, 0.25) is 0 Å². The van der Waals surface area contributed by atoms with E-state index in [1.165, 1.54) is 0 Å².